The normalized spacial score (nSPS) is 12.8. The van der Waals surface area contributed by atoms with Gasteiger partial charge in [0.15, 0.2) is 5.13 Å². The topological polar surface area (TPSA) is 51.4 Å². The highest BCUT2D eigenvalue weighted by Gasteiger charge is 2.16. The molecule has 2 N–H and O–H groups in total. The van der Waals surface area contributed by atoms with Gasteiger partial charge in [-0.05, 0) is 32.0 Å². The van der Waals surface area contributed by atoms with Gasteiger partial charge in [0.2, 0.25) is 0 Å². The molecule has 0 fully saturated rings. The number of ether oxygens (including phenoxy) is 1. The summed E-state index contributed by atoms with van der Waals surface area (Å²) in [5.41, 5.74) is 7.58. The van der Waals surface area contributed by atoms with E-state index < -0.39 is 0 Å². The van der Waals surface area contributed by atoms with Gasteiger partial charge in [0.25, 0.3) is 0 Å². The van der Waals surface area contributed by atoms with E-state index in [4.69, 9.17) is 10.5 Å². The number of thiazole rings is 1. The Hall–Kier alpha value is -1.33. The minimum atomic E-state index is 0.318. The maximum absolute atomic E-state index is 5.79. The lowest BCUT2D eigenvalue weighted by molar-refractivity contribution is 0.182. The quantitative estimate of drug-likeness (QED) is 0.845. The summed E-state index contributed by atoms with van der Waals surface area (Å²) in [6.07, 6.45) is 0. The monoisotopic (exact) mass is 265 g/mol. The summed E-state index contributed by atoms with van der Waals surface area (Å²) in [5.74, 6) is 0. The number of aromatic nitrogens is 1. The van der Waals surface area contributed by atoms with Crippen LogP contribution in [0.1, 0.15) is 13.8 Å². The Bertz CT molecular complexity index is 526. The standard InChI is InChI=1S/C13H19N3OS/c1-4-16(9(2)8-17-3)13-15-11-6-5-10(14)7-12(11)18-13/h5-7,9H,4,8,14H2,1-3H3. The van der Waals surface area contributed by atoms with Crippen molar-refractivity contribution in [3.05, 3.63) is 18.2 Å². The molecule has 2 aromatic rings. The SMILES string of the molecule is CCN(c1nc2ccc(N)cc2s1)C(C)COC. The molecule has 1 aromatic carbocycles. The molecule has 1 unspecified atom stereocenters. The van der Waals surface area contributed by atoms with E-state index in [-0.39, 0.29) is 0 Å². The molecule has 5 heteroatoms. The van der Waals surface area contributed by atoms with Crippen LogP contribution in [0.25, 0.3) is 10.2 Å². The van der Waals surface area contributed by atoms with Gasteiger partial charge in [0.05, 0.1) is 22.9 Å². The fourth-order valence-corrected chi connectivity index (χ4v) is 3.20. The second kappa shape index (κ2) is 5.54. The molecule has 2 rings (SSSR count). The van der Waals surface area contributed by atoms with Crippen molar-refractivity contribution in [2.75, 3.05) is 30.9 Å². The van der Waals surface area contributed by atoms with Gasteiger partial charge >= 0.3 is 0 Å². The summed E-state index contributed by atoms with van der Waals surface area (Å²) in [6.45, 7) is 5.89. The van der Waals surface area contributed by atoms with E-state index in [1.807, 2.05) is 18.2 Å². The van der Waals surface area contributed by atoms with Crippen LogP contribution in [0.4, 0.5) is 10.8 Å². The first kappa shape index (κ1) is 13.1. The summed E-state index contributed by atoms with van der Waals surface area (Å²) in [7, 11) is 1.73. The third-order valence-electron chi connectivity index (χ3n) is 2.93. The van der Waals surface area contributed by atoms with Gasteiger partial charge < -0.3 is 15.4 Å². The minimum Gasteiger partial charge on any atom is -0.399 e. The summed E-state index contributed by atoms with van der Waals surface area (Å²) >= 11 is 1.68. The molecule has 1 heterocycles. The van der Waals surface area contributed by atoms with Crippen molar-refractivity contribution in [3.8, 4) is 0 Å². The third kappa shape index (κ3) is 2.57. The Morgan fingerprint density at radius 2 is 2.28 bits per heavy atom. The van der Waals surface area contributed by atoms with Crippen LogP contribution in [-0.4, -0.2) is 31.3 Å². The molecular weight excluding hydrogens is 246 g/mol. The number of hydrogen-bond donors (Lipinski definition) is 1. The number of hydrogen-bond acceptors (Lipinski definition) is 5. The van der Waals surface area contributed by atoms with Crippen LogP contribution in [0.3, 0.4) is 0 Å². The number of fused-ring (bicyclic) bond motifs is 1. The number of nitrogens with two attached hydrogens (primary N) is 1. The van der Waals surface area contributed by atoms with E-state index in [9.17, 15) is 0 Å². The molecule has 18 heavy (non-hydrogen) atoms. The molecule has 0 bridgehead atoms. The number of likely N-dealkylation sites (N-methyl/N-ethyl adjacent to an activating group) is 1. The average Bonchev–Trinajstić information content (AvgIpc) is 2.72. The lowest BCUT2D eigenvalue weighted by Crippen LogP contribution is -2.35. The fraction of sp³-hybridized carbons (Fsp3) is 0.462. The Morgan fingerprint density at radius 1 is 1.50 bits per heavy atom. The first-order chi connectivity index (χ1) is 8.65. The molecule has 98 valence electrons. The molecule has 0 aliphatic rings. The average molecular weight is 265 g/mol. The van der Waals surface area contributed by atoms with E-state index >= 15 is 0 Å². The first-order valence-electron chi connectivity index (χ1n) is 6.07. The van der Waals surface area contributed by atoms with Crippen molar-refractivity contribution in [1.29, 1.82) is 0 Å². The Labute approximate surface area is 111 Å². The van der Waals surface area contributed by atoms with Crippen LogP contribution < -0.4 is 10.6 Å². The zero-order valence-electron chi connectivity index (χ0n) is 11.0. The first-order valence-corrected chi connectivity index (χ1v) is 6.89. The van der Waals surface area contributed by atoms with Crippen LogP contribution in [0.15, 0.2) is 18.2 Å². The number of nitrogens with zero attached hydrogens (tertiary/aromatic N) is 2. The second-order valence-electron chi connectivity index (χ2n) is 4.31. The summed E-state index contributed by atoms with van der Waals surface area (Å²) in [5, 5.41) is 1.03. The summed E-state index contributed by atoms with van der Waals surface area (Å²) in [4.78, 5) is 6.92. The molecule has 0 saturated carbocycles. The van der Waals surface area contributed by atoms with Gasteiger partial charge in [-0.15, -0.1) is 0 Å². The lowest BCUT2D eigenvalue weighted by Gasteiger charge is -2.26. The zero-order valence-corrected chi connectivity index (χ0v) is 11.8. The van der Waals surface area contributed by atoms with E-state index in [0.29, 0.717) is 12.6 Å². The molecule has 0 spiro atoms. The molecular formula is C13H19N3OS. The van der Waals surface area contributed by atoms with Crippen molar-refractivity contribution in [2.24, 2.45) is 0 Å². The number of rotatable bonds is 5. The van der Waals surface area contributed by atoms with Crippen molar-refractivity contribution in [2.45, 2.75) is 19.9 Å². The minimum absolute atomic E-state index is 0.318. The predicted molar refractivity (Wildman–Crippen MR) is 78.4 cm³/mol. The molecule has 4 nitrogen and oxygen atoms in total. The summed E-state index contributed by atoms with van der Waals surface area (Å²) < 4.78 is 6.35. The highest BCUT2D eigenvalue weighted by molar-refractivity contribution is 7.22. The number of nitrogen functional groups attached to an aromatic ring is 1. The van der Waals surface area contributed by atoms with E-state index in [1.54, 1.807) is 18.4 Å². The van der Waals surface area contributed by atoms with E-state index in [2.05, 4.69) is 23.7 Å². The van der Waals surface area contributed by atoms with Crippen LogP contribution in [0, 0.1) is 0 Å². The van der Waals surface area contributed by atoms with Gasteiger partial charge in [-0.2, -0.15) is 0 Å². The second-order valence-corrected chi connectivity index (χ2v) is 5.32. The van der Waals surface area contributed by atoms with Crippen molar-refractivity contribution in [1.82, 2.24) is 4.98 Å². The van der Waals surface area contributed by atoms with Crippen LogP contribution in [0.5, 0.6) is 0 Å². The number of methoxy groups -OCH3 is 1. The highest BCUT2D eigenvalue weighted by Crippen LogP contribution is 2.30. The third-order valence-corrected chi connectivity index (χ3v) is 3.98. The van der Waals surface area contributed by atoms with E-state index in [1.165, 1.54) is 0 Å². The molecule has 1 atom stereocenters. The van der Waals surface area contributed by atoms with E-state index in [0.717, 1.165) is 27.6 Å². The van der Waals surface area contributed by atoms with Gasteiger partial charge in [-0.1, -0.05) is 11.3 Å². The van der Waals surface area contributed by atoms with Crippen LogP contribution >= 0.6 is 11.3 Å². The smallest absolute Gasteiger partial charge is 0.186 e. The van der Waals surface area contributed by atoms with Gasteiger partial charge in [0.1, 0.15) is 0 Å². The number of benzene rings is 1. The van der Waals surface area contributed by atoms with Crippen molar-refractivity contribution >= 4 is 32.4 Å². The van der Waals surface area contributed by atoms with Crippen LogP contribution in [0.2, 0.25) is 0 Å². The number of anilines is 2. The van der Waals surface area contributed by atoms with Crippen LogP contribution in [-0.2, 0) is 4.74 Å². The van der Waals surface area contributed by atoms with Gasteiger partial charge in [0, 0.05) is 19.3 Å². The molecule has 0 aliphatic carbocycles. The van der Waals surface area contributed by atoms with Gasteiger partial charge in [-0.25, -0.2) is 4.98 Å². The maximum Gasteiger partial charge on any atom is 0.186 e. The largest absolute Gasteiger partial charge is 0.399 e. The molecule has 0 radical (unpaired) electrons. The molecule has 0 aliphatic heterocycles. The van der Waals surface area contributed by atoms with Gasteiger partial charge in [-0.3, -0.25) is 0 Å². The summed E-state index contributed by atoms with van der Waals surface area (Å²) in [6, 6.07) is 6.16. The lowest BCUT2D eigenvalue weighted by atomic mass is 10.3. The van der Waals surface area contributed by atoms with Crippen molar-refractivity contribution in [3.63, 3.8) is 0 Å². The Balaban J connectivity index is 2.33. The zero-order chi connectivity index (χ0) is 13.1. The highest BCUT2D eigenvalue weighted by atomic mass is 32.1. The Kier molecular flexibility index (Phi) is 4.04. The maximum atomic E-state index is 5.79. The predicted octanol–water partition coefficient (Wildman–Crippen LogP) is 2.74. The molecule has 0 amide bonds. The molecule has 0 saturated heterocycles. The molecule has 1 aromatic heterocycles. The fourth-order valence-electron chi connectivity index (χ4n) is 2.02. The van der Waals surface area contributed by atoms with Crippen molar-refractivity contribution < 1.29 is 4.74 Å². The Morgan fingerprint density at radius 3 is 2.94 bits per heavy atom.